The maximum absolute atomic E-state index is 12.6. The van der Waals surface area contributed by atoms with E-state index in [1.54, 1.807) is 0 Å². The predicted molar refractivity (Wildman–Crippen MR) is 166 cm³/mol. The molecule has 0 bridgehead atoms. The van der Waals surface area contributed by atoms with Crippen LogP contribution in [-0.4, -0.2) is 43.9 Å². The summed E-state index contributed by atoms with van der Waals surface area (Å²) >= 11 is 0. The van der Waals surface area contributed by atoms with Crippen molar-refractivity contribution >= 4 is 5.69 Å². The molecule has 3 aromatic rings. The van der Waals surface area contributed by atoms with Crippen molar-refractivity contribution in [3.05, 3.63) is 86.3 Å². The molecule has 0 unspecified atom stereocenters. The summed E-state index contributed by atoms with van der Waals surface area (Å²) in [4.78, 5) is 18.1. The molecule has 5 N–H and O–H groups in total. The highest BCUT2D eigenvalue weighted by Crippen LogP contribution is 2.34. The zero-order valence-corrected chi connectivity index (χ0v) is 24.7. The first-order valence-corrected chi connectivity index (χ1v) is 14.8. The van der Waals surface area contributed by atoms with E-state index in [2.05, 4.69) is 70.8 Å². The average Bonchev–Trinajstić information content (AvgIpc) is 2.95. The fourth-order valence-electron chi connectivity index (χ4n) is 5.73. The Morgan fingerprint density at radius 1 is 0.975 bits per heavy atom. The fraction of sp³-hybridized carbons (Fsp3) is 0.485. The average molecular weight is 546 g/mol. The first kappa shape index (κ1) is 30.0. The van der Waals surface area contributed by atoms with E-state index in [0.29, 0.717) is 25.7 Å². The van der Waals surface area contributed by atoms with Gasteiger partial charge in [-0.3, -0.25) is 4.79 Å². The van der Waals surface area contributed by atoms with Gasteiger partial charge in [0.05, 0.1) is 0 Å². The lowest BCUT2D eigenvalue weighted by atomic mass is 9.95. The highest BCUT2D eigenvalue weighted by atomic mass is 16.5. The van der Waals surface area contributed by atoms with Crippen molar-refractivity contribution in [2.75, 3.05) is 37.7 Å². The fourth-order valence-corrected chi connectivity index (χ4v) is 5.73. The van der Waals surface area contributed by atoms with Gasteiger partial charge in [-0.1, -0.05) is 24.3 Å². The molecule has 1 fully saturated rings. The molecule has 1 saturated heterocycles. The summed E-state index contributed by atoms with van der Waals surface area (Å²) in [5.41, 5.74) is 15.9. The summed E-state index contributed by atoms with van der Waals surface area (Å²) < 4.78 is 5.68. The standard InChI is InChI=1S/C33H47N5O2/c1-5-38(30-11-15-40-16-12-30)32-19-28(27-9-7-26(8-10-27)20-35-14-6-13-34)18-29(25(32)4)21-36-22-31-23(2)17-24(3)37-33(31)39/h7-10,17-19,30,35-36H,5-6,11-16,20-22,34H2,1-4H3,(H,37,39). The Morgan fingerprint density at radius 3 is 2.40 bits per heavy atom. The zero-order chi connectivity index (χ0) is 28.5. The van der Waals surface area contributed by atoms with Crippen LogP contribution in [0, 0.1) is 20.8 Å². The van der Waals surface area contributed by atoms with Gasteiger partial charge in [-0.05, 0) is 112 Å². The molecule has 0 spiro atoms. The number of hydrogen-bond acceptors (Lipinski definition) is 6. The second kappa shape index (κ2) is 14.6. The molecule has 4 rings (SSSR count). The van der Waals surface area contributed by atoms with Crippen molar-refractivity contribution in [1.82, 2.24) is 15.6 Å². The van der Waals surface area contributed by atoms with Crippen LogP contribution in [0.5, 0.6) is 0 Å². The van der Waals surface area contributed by atoms with Crippen LogP contribution in [0.15, 0.2) is 47.3 Å². The van der Waals surface area contributed by atoms with Crippen LogP contribution in [0.1, 0.15) is 59.7 Å². The molecule has 7 heteroatoms. The van der Waals surface area contributed by atoms with E-state index in [1.807, 2.05) is 19.9 Å². The highest BCUT2D eigenvalue weighted by molar-refractivity contribution is 5.73. The van der Waals surface area contributed by atoms with Gasteiger partial charge in [0, 0.05) is 62.4 Å². The van der Waals surface area contributed by atoms with Crippen molar-refractivity contribution in [1.29, 1.82) is 0 Å². The van der Waals surface area contributed by atoms with Gasteiger partial charge in [-0.15, -0.1) is 0 Å². The van der Waals surface area contributed by atoms with E-state index in [1.165, 1.54) is 33.5 Å². The molecule has 7 nitrogen and oxygen atoms in total. The smallest absolute Gasteiger partial charge is 0.252 e. The molecule has 216 valence electrons. The van der Waals surface area contributed by atoms with E-state index in [0.717, 1.165) is 68.9 Å². The Hall–Kier alpha value is -2.97. The Labute approximate surface area is 239 Å². The van der Waals surface area contributed by atoms with E-state index in [4.69, 9.17) is 10.5 Å². The number of rotatable bonds is 13. The Morgan fingerprint density at radius 2 is 1.73 bits per heavy atom. The van der Waals surface area contributed by atoms with Gasteiger partial charge >= 0.3 is 0 Å². The minimum atomic E-state index is -0.00885. The molecule has 0 saturated carbocycles. The second-order valence-electron chi connectivity index (χ2n) is 11.0. The topological polar surface area (TPSA) is 95.4 Å². The number of aromatic nitrogens is 1. The summed E-state index contributed by atoms with van der Waals surface area (Å²) in [5.74, 6) is 0. The summed E-state index contributed by atoms with van der Waals surface area (Å²) in [7, 11) is 0. The third-order valence-electron chi connectivity index (χ3n) is 8.05. The maximum Gasteiger partial charge on any atom is 0.252 e. The largest absolute Gasteiger partial charge is 0.381 e. The molecule has 0 atom stereocenters. The molecule has 2 aromatic carbocycles. The molecule has 0 aliphatic carbocycles. The summed E-state index contributed by atoms with van der Waals surface area (Å²) in [6.45, 7) is 14.7. The third kappa shape index (κ3) is 7.61. The molecule has 1 aliphatic heterocycles. The lowest BCUT2D eigenvalue weighted by Gasteiger charge is -2.37. The number of anilines is 1. The molecule has 2 heterocycles. The maximum atomic E-state index is 12.6. The zero-order valence-electron chi connectivity index (χ0n) is 24.7. The summed E-state index contributed by atoms with van der Waals surface area (Å²) in [6.07, 6.45) is 3.08. The lowest BCUT2D eigenvalue weighted by Crippen LogP contribution is -2.40. The van der Waals surface area contributed by atoms with Crippen molar-refractivity contribution in [2.45, 2.75) is 72.6 Å². The number of aryl methyl sites for hydroxylation is 2. The number of pyridine rings is 1. The Bertz CT molecular complexity index is 1300. The number of ether oxygens (including phenoxy) is 1. The predicted octanol–water partition coefficient (Wildman–Crippen LogP) is 4.70. The van der Waals surface area contributed by atoms with Gasteiger partial charge in [0.2, 0.25) is 0 Å². The Kier molecular flexibility index (Phi) is 10.9. The van der Waals surface area contributed by atoms with E-state index >= 15 is 0 Å². The number of H-pyrrole nitrogens is 1. The molecular weight excluding hydrogens is 498 g/mol. The van der Waals surface area contributed by atoms with Gasteiger partial charge < -0.3 is 31.0 Å². The monoisotopic (exact) mass is 545 g/mol. The molecular formula is C33H47N5O2. The lowest BCUT2D eigenvalue weighted by molar-refractivity contribution is 0.0846. The quantitative estimate of drug-likeness (QED) is 0.233. The number of aromatic amines is 1. The van der Waals surface area contributed by atoms with E-state index in [9.17, 15) is 4.79 Å². The van der Waals surface area contributed by atoms with Gasteiger partial charge in [-0.25, -0.2) is 0 Å². The number of nitrogens with one attached hydrogen (secondary N) is 3. The van der Waals surface area contributed by atoms with Crippen molar-refractivity contribution in [3.8, 4) is 11.1 Å². The summed E-state index contributed by atoms with van der Waals surface area (Å²) in [6, 6.07) is 16.1. The van der Waals surface area contributed by atoms with Crippen LogP contribution in [0.25, 0.3) is 11.1 Å². The highest BCUT2D eigenvalue weighted by Gasteiger charge is 2.23. The number of nitrogens with zero attached hydrogens (tertiary/aromatic N) is 1. The third-order valence-corrected chi connectivity index (χ3v) is 8.05. The van der Waals surface area contributed by atoms with Crippen LogP contribution in [0.3, 0.4) is 0 Å². The van der Waals surface area contributed by atoms with Crippen molar-refractivity contribution in [3.63, 3.8) is 0 Å². The number of nitrogens with two attached hydrogens (primary N) is 1. The van der Waals surface area contributed by atoms with E-state index in [-0.39, 0.29) is 5.56 Å². The van der Waals surface area contributed by atoms with Gasteiger partial charge in [0.15, 0.2) is 0 Å². The minimum absolute atomic E-state index is 0.00885. The molecule has 0 radical (unpaired) electrons. The SMILES string of the molecule is CCN(c1cc(-c2ccc(CNCCCN)cc2)cc(CNCc2c(C)cc(C)[nH]c2=O)c1C)C1CCOCC1. The molecule has 0 amide bonds. The van der Waals surface area contributed by atoms with Crippen LogP contribution in [0.2, 0.25) is 0 Å². The van der Waals surface area contributed by atoms with Gasteiger partial charge in [-0.2, -0.15) is 0 Å². The van der Waals surface area contributed by atoms with Crippen LogP contribution in [0.4, 0.5) is 5.69 Å². The Balaban J connectivity index is 1.61. The van der Waals surface area contributed by atoms with Crippen molar-refractivity contribution in [2.24, 2.45) is 5.73 Å². The van der Waals surface area contributed by atoms with E-state index < -0.39 is 0 Å². The van der Waals surface area contributed by atoms with Crippen LogP contribution in [-0.2, 0) is 24.4 Å². The molecule has 1 aromatic heterocycles. The van der Waals surface area contributed by atoms with Crippen molar-refractivity contribution < 1.29 is 4.74 Å². The second-order valence-corrected chi connectivity index (χ2v) is 11.0. The van der Waals surface area contributed by atoms with Crippen LogP contribution < -0.4 is 26.8 Å². The minimum Gasteiger partial charge on any atom is -0.381 e. The first-order valence-electron chi connectivity index (χ1n) is 14.8. The summed E-state index contributed by atoms with van der Waals surface area (Å²) in [5, 5.41) is 7.03. The van der Waals surface area contributed by atoms with Gasteiger partial charge in [0.1, 0.15) is 0 Å². The molecule has 40 heavy (non-hydrogen) atoms. The number of hydrogen-bond donors (Lipinski definition) is 4. The normalized spacial score (nSPS) is 14.0. The molecule has 1 aliphatic rings. The number of benzene rings is 2. The first-order chi connectivity index (χ1) is 19.4. The van der Waals surface area contributed by atoms with Gasteiger partial charge in [0.25, 0.3) is 5.56 Å². The van der Waals surface area contributed by atoms with Crippen LogP contribution >= 0.6 is 0 Å².